The molecule has 2 atom stereocenters. The molecule has 25 heavy (non-hydrogen) atoms. The summed E-state index contributed by atoms with van der Waals surface area (Å²) in [6.07, 6.45) is 3.04. The fraction of sp³-hybridized carbons (Fsp3) is 0.722. The lowest BCUT2D eigenvalue weighted by atomic mass is 9.96. The number of hydrogen-bond acceptors (Lipinski definition) is 5. The van der Waals surface area contributed by atoms with Gasteiger partial charge in [0.25, 0.3) is 0 Å². The minimum absolute atomic E-state index is 0.0101. The van der Waals surface area contributed by atoms with E-state index in [1.54, 1.807) is 27.7 Å². The molecule has 1 saturated carbocycles. The summed E-state index contributed by atoms with van der Waals surface area (Å²) in [7, 11) is 1.25. The van der Waals surface area contributed by atoms with Crippen LogP contribution in [0.1, 0.15) is 53.4 Å². The van der Waals surface area contributed by atoms with Crippen LogP contribution in [0.25, 0.3) is 0 Å². The Morgan fingerprint density at radius 1 is 1.12 bits per heavy atom. The number of carbonyl (C=O) groups is 3. The van der Waals surface area contributed by atoms with Crippen molar-refractivity contribution in [2.24, 2.45) is 5.92 Å². The zero-order valence-corrected chi connectivity index (χ0v) is 15.8. The summed E-state index contributed by atoms with van der Waals surface area (Å²) in [5, 5.41) is 5.29. The Morgan fingerprint density at radius 2 is 1.68 bits per heavy atom. The van der Waals surface area contributed by atoms with E-state index >= 15 is 0 Å². The molecular formula is C18H30N2O5. The second-order valence-corrected chi connectivity index (χ2v) is 7.48. The molecule has 1 aliphatic rings. The molecular weight excluding hydrogens is 324 g/mol. The van der Waals surface area contributed by atoms with Gasteiger partial charge in [-0.15, -0.1) is 0 Å². The normalized spacial score (nSPS) is 17.3. The molecule has 0 unspecified atom stereocenters. The zero-order valence-electron chi connectivity index (χ0n) is 15.8. The van der Waals surface area contributed by atoms with Gasteiger partial charge >= 0.3 is 12.1 Å². The third-order valence-electron chi connectivity index (χ3n) is 4.04. The number of ether oxygens (including phenoxy) is 2. The van der Waals surface area contributed by atoms with Crippen LogP contribution < -0.4 is 10.6 Å². The molecule has 0 bridgehead atoms. The highest BCUT2D eigenvalue weighted by atomic mass is 16.6. The first-order chi connectivity index (χ1) is 11.5. The van der Waals surface area contributed by atoms with Crippen molar-refractivity contribution in [1.29, 1.82) is 0 Å². The molecule has 2 N–H and O–H groups in total. The molecule has 1 aliphatic carbocycles. The Bertz CT molecular complexity index is 518. The maximum atomic E-state index is 12.7. The van der Waals surface area contributed by atoms with Crippen LogP contribution in [0.2, 0.25) is 0 Å². The van der Waals surface area contributed by atoms with Crippen LogP contribution >= 0.6 is 0 Å². The van der Waals surface area contributed by atoms with Crippen molar-refractivity contribution in [2.45, 2.75) is 71.1 Å². The molecule has 0 spiro atoms. The quantitative estimate of drug-likeness (QED) is 0.564. The fourth-order valence-electron chi connectivity index (χ4n) is 2.86. The third kappa shape index (κ3) is 6.76. The summed E-state index contributed by atoms with van der Waals surface area (Å²) in [5.41, 5.74) is -0.199. The molecule has 7 heteroatoms. The van der Waals surface area contributed by atoms with Crippen LogP contribution in [0.15, 0.2) is 12.2 Å². The van der Waals surface area contributed by atoms with Gasteiger partial charge in [0, 0.05) is 0 Å². The number of amides is 2. The van der Waals surface area contributed by atoms with Crippen LogP contribution in [0.5, 0.6) is 0 Å². The summed E-state index contributed by atoms with van der Waals surface area (Å²) in [4.78, 5) is 36.7. The number of hydrogen-bond donors (Lipinski definition) is 2. The van der Waals surface area contributed by atoms with Gasteiger partial charge in [-0.25, -0.2) is 9.59 Å². The van der Waals surface area contributed by atoms with Crippen LogP contribution in [0.3, 0.4) is 0 Å². The molecule has 2 amide bonds. The molecule has 0 radical (unpaired) electrons. The monoisotopic (exact) mass is 354 g/mol. The number of methoxy groups -OCH3 is 1. The minimum atomic E-state index is -0.943. The lowest BCUT2D eigenvalue weighted by Crippen LogP contribution is -2.55. The van der Waals surface area contributed by atoms with Crippen molar-refractivity contribution in [3.8, 4) is 0 Å². The van der Waals surface area contributed by atoms with E-state index in [2.05, 4.69) is 17.2 Å². The van der Waals surface area contributed by atoms with Crippen LogP contribution in [0, 0.1) is 5.92 Å². The van der Waals surface area contributed by atoms with Crippen LogP contribution in [0.4, 0.5) is 4.79 Å². The molecule has 0 aromatic carbocycles. The van der Waals surface area contributed by atoms with Crippen molar-refractivity contribution in [3.63, 3.8) is 0 Å². The second kappa shape index (κ2) is 8.87. The van der Waals surface area contributed by atoms with E-state index in [1.807, 2.05) is 0 Å². The van der Waals surface area contributed by atoms with Crippen LogP contribution in [-0.4, -0.2) is 42.8 Å². The van der Waals surface area contributed by atoms with Crippen molar-refractivity contribution in [1.82, 2.24) is 10.6 Å². The number of rotatable bonds is 6. The van der Waals surface area contributed by atoms with Gasteiger partial charge < -0.3 is 20.1 Å². The summed E-state index contributed by atoms with van der Waals surface area (Å²) >= 11 is 0. The molecule has 0 saturated heterocycles. The van der Waals surface area contributed by atoms with Gasteiger partial charge in [0.15, 0.2) is 0 Å². The van der Waals surface area contributed by atoms with Crippen molar-refractivity contribution in [2.75, 3.05) is 7.11 Å². The van der Waals surface area contributed by atoms with E-state index in [4.69, 9.17) is 9.47 Å². The highest BCUT2D eigenvalue weighted by molar-refractivity contribution is 5.91. The lowest BCUT2D eigenvalue weighted by Gasteiger charge is -2.28. The molecule has 0 aliphatic heterocycles. The first-order valence-electron chi connectivity index (χ1n) is 8.58. The number of esters is 1. The van der Waals surface area contributed by atoms with Crippen molar-refractivity contribution >= 4 is 18.0 Å². The second-order valence-electron chi connectivity index (χ2n) is 7.48. The maximum absolute atomic E-state index is 12.7. The standard InChI is InChI=1S/C18H30N2O5/c1-11(2)13(16(22)24-6)19-15(21)14(12-9-7-8-10-12)20-17(23)25-18(3,4)5/h12-14H,1,7-10H2,2-6H3,(H,19,21)(H,20,23)/t13-,14-/m0/s1. The van der Waals surface area contributed by atoms with Gasteiger partial charge in [-0.2, -0.15) is 0 Å². The summed E-state index contributed by atoms with van der Waals surface area (Å²) in [5.74, 6) is -1.02. The van der Waals surface area contributed by atoms with E-state index in [-0.39, 0.29) is 5.92 Å². The van der Waals surface area contributed by atoms with E-state index in [1.165, 1.54) is 7.11 Å². The molecule has 0 aromatic heterocycles. The minimum Gasteiger partial charge on any atom is -0.467 e. The topological polar surface area (TPSA) is 93.7 Å². The predicted molar refractivity (Wildman–Crippen MR) is 93.9 cm³/mol. The van der Waals surface area contributed by atoms with Crippen LogP contribution in [-0.2, 0) is 19.1 Å². The Kier molecular flexibility index (Phi) is 7.45. The largest absolute Gasteiger partial charge is 0.467 e. The SMILES string of the molecule is C=C(C)[C@H](NC(=O)[C@@H](NC(=O)OC(C)(C)C)C1CCCC1)C(=O)OC. The predicted octanol–water partition coefficient (Wildman–Crippen LogP) is 2.30. The van der Waals surface area contributed by atoms with E-state index < -0.39 is 35.7 Å². The Hall–Kier alpha value is -2.05. The highest BCUT2D eigenvalue weighted by Crippen LogP contribution is 2.28. The van der Waals surface area contributed by atoms with Gasteiger partial charge in [-0.05, 0) is 52.0 Å². The summed E-state index contributed by atoms with van der Waals surface area (Å²) < 4.78 is 9.96. The molecule has 142 valence electrons. The first kappa shape index (κ1) is 21.0. The van der Waals surface area contributed by atoms with E-state index in [0.717, 1.165) is 25.7 Å². The Labute approximate surface area is 149 Å². The average molecular weight is 354 g/mol. The highest BCUT2D eigenvalue weighted by Gasteiger charge is 2.35. The molecule has 7 nitrogen and oxygen atoms in total. The zero-order chi connectivity index (χ0) is 19.2. The van der Waals surface area contributed by atoms with Gasteiger partial charge in [0.2, 0.25) is 5.91 Å². The van der Waals surface area contributed by atoms with Crippen molar-refractivity contribution < 1.29 is 23.9 Å². The lowest BCUT2D eigenvalue weighted by molar-refractivity contribution is -0.144. The summed E-state index contributed by atoms with van der Waals surface area (Å²) in [6, 6.07) is -1.70. The Morgan fingerprint density at radius 3 is 2.12 bits per heavy atom. The maximum Gasteiger partial charge on any atom is 0.408 e. The average Bonchev–Trinajstić information content (AvgIpc) is 3.01. The molecule has 1 rings (SSSR count). The molecule has 0 aromatic rings. The molecule has 1 fully saturated rings. The number of alkyl carbamates (subject to hydrolysis) is 1. The third-order valence-corrected chi connectivity index (χ3v) is 4.04. The smallest absolute Gasteiger partial charge is 0.408 e. The van der Waals surface area contributed by atoms with E-state index in [9.17, 15) is 14.4 Å². The summed E-state index contributed by atoms with van der Waals surface area (Å²) in [6.45, 7) is 10.6. The van der Waals surface area contributed by atoms with Crippen molar-refractivity contribution in [3.05, 3.63) is 12.2 Å². The van der Waals surface area contributed by atoms with Gasteiger partial charge in [0.1, 0.15) is 17.7 Å². The number of carbonyl (C=O) groups excluding carboxylic acids is 3. The first-order valence-corrected chi connectivity index (χ1v) is 8.58. The van der Waals surface area contributed by atoms with Gasteiger partial charge in [-0.3, -0.25) is 4.79 Å². The van der Waals surface area contributed by atoms with Gasteiger partial charge in [0.05, 0.1) is 7.11 Å². The fourth-order valence-corrected chi connectivity index (χ4v) is 2.86. The number of nitrogens with one attached hydrogen (secondary N) is 2. The van der Waals surface area contributed by atoms with E-state index in [0.29, 0.717) is 5.57 Å². The van der Waals surface area contributed by atoms with Gasteiger partial charge in [-0.1, -0.05) is 19.4 Å². The Balaban J connectivity index is 2.87. The molecule has 0 heterocycles.